The minimum Gasteiger partial charge on any atom is -0.395 e. The fraction of sp³-hybridized carbons (Fsp3) is 0.529. The normalized spacial score (nSPS) is 21.9. The molecule has 2 aromatic heterocycles. The fourth-order valence-electron chi connectivity index (χ4n) is 3.36. The molecule has 1 N–H and O–H groups in total. The maximum atomic E-state index is 12.8. The third kappa shape index (κ3) is 3.07. The van der Waals surface area contributed by atoms with Crippen molar-refractivity contribution in [2.75, 3.05) is 27.2 Å². The van der Waals surface area contributed by atoms with Gasteiger partial charge in [-0.25, -0.2) is 4.98 Å². The monoisotopic (exact) mass is 350 g/mol. The first kappa shape index (κ1) is 17.4. The van der Waals surface area contributed by atoms with Crippen LogP contribution in [0, 0.1) is 6.92 Å². The molecule has 6 nitrogen and oxygen atoms in total. The van der Waals surface area contributed by atoms with E-state index in [4.69, 9.17) is 11.6 Å². The van der Waals surface area contributed by atoms with Crippen molar-refractivity contribution in [3.63, 3.8) is 0 Å². The quantitative estimate of drug-likeness (QED) is 0.838. The van der Waals surface area contributed by atoms with Crippen molar-refractivity contribution in [1.82, 2.24) is 19.2 Å². The van der Waals surface area contributed by atoms with E-state index >= 15 is 0 Å². The molecule has 0 amide bonds. The lowest BCUT2D eigenvalue weighted by molar-refractivity contribution is 0.152. The Morgan fingerprint density at radius 3 is 2.88 bits per heavy atom. The third-order valence-electron chi connectivity index (χ3n) is 4.90. The maximum Gasteiger partial charge on any atom is 0.263 e. The predicted octanol–water partition coefficient (Wildman–Crippen LogP) is 1.15. The van der Waals surface area contributed by atoms with Gasteiger partial charge in [-0.3, -0.25) is 14.1 Å². The van der Waals surface area contributed by atoms with Gasteiger partial charge in [-0.15, -0.1) is 0 Å². The van der Waals surface area contributed by atoms with Crippen LogP contribution in [-0.2, 0) is 6.54 Å². The predicted molar refractivity (Wildman–Crippen MR) is 94.6 cm³/mol. The molecular weight excluding hydrogens is 328 g/mol. The molecule has 0 aliphatic carbocycles. The molecule has 24 heavy (non-hydrogen) atoms. The first-order chi connectivity index (χ1) is 11.4. The Bertz CT molecular complexity index is 805. The molecule has 0 bridgehead atoms. The Balaban J connectivity index is 1.97. The van der Waals surface area contributed by atoms with Crippen molar-refractivity contribution >= 4 is 17.2 Å². The highest BCUT2D eigenvalue weighted by molar-refractivity contribution is 6.30. The zero-order valence-electron chi connectivity index (χ0n) is 14.2. The number of aryl methyl sites for hydroxylation is 1. The van der Waals surface area contributed by atoms with E-state index in [1.807, 2.05) is 33.2 Å². The Hall–Kier alpha value is -1.47. The van der Waals surface area contributed by atoms with E-state index in [-0.39, 0.29) is 23.4 Å². The minimum absolute atomic E-state index is 0.0334. The van der Waals surface area contributed by atoms with Crippen LogP contribution in [-0.4, -0.2) is 63.6 Å². The second kappa shape index (κ2) is 6.80. The molecule has 3 rings (SSSR count). The molecule has 2 atom stereocenters. The Kier molecular flexibility index (Phi) is 4.92. The number of likely N-dealkylation sites (N-methyl/N-ethyl adjacent to an activating group) is 1. The Morgan fingerprint density at radius 1 is 1.46 bits per heavy atom. The zero-order valence-corrected chi connectivity index (χ0v) is 15.0. The molecule has 130 valence electrons. The van der Waals surface area contributed by atoms with E-state index in [0.29, 0.717) is 23.8 Å². The van der Waals surface area contributed by atoms with Gasteiger partial charge in [-0.2, -0.15) is 0 Å². The molecular formula is C17H23ClN4O2. The van der Waals surface area contributed by atoms with E-state index < -0.39 is 0 Å². The second-order valence-corrected chi connectivity index (χ2v) is 7.05. The number of hydrogen-bond acceptors (Lipinski definition) is 5. The molecule has 0 radical (unpaired) electrons. The largest absolute Gasteiger partial charge is 0.395 e. The van der Waals surface area contributed by atoms with Gasteiger partial charge >= 0.3 is 0 Å². The number of aromatic nitrogens is 2. The summed E-state index contributed by atoms with van der Waals surface area (Å²) in [6, 6.07) is 4.13. The molecule has 1 aliphatic rings. The third-order valence-corrected chi connectivity index (χ3v) is 5.21. The van der Waals surface area contributed by atoms with Gasteiger partial charge in [0.2, 0.25) is 0 Å². The molecule has 0 saturated carbocycles. The van der Waals surface area contributed by atoms with Gasteiger partial charge in [0.15, 0.2) is 0 Å². The number of aliphatic hydroxyl groups excluding tert-OH is 1. The summed E-state index contributed by atoms with van der Waals surface area (Å²) in [5.74, 6) is 0. The van der Waals surface area contributed by atoms with Crippen LogP contribution in [0.3, 0.4) is 0 Å². The van der Waals surface area contributed by atoms with E-state index in [1.54, 1.807) is 10.6 Å². The number of likely N-dealkylation sites (tertiary alicyclic amines) is 1. The van der Waals surface area contributed by atoms with Gasteiger partial charge in [0.25, 0.3) is 5.56 Å². The summed E-state index contributed by atoms with van der Waals surface area (Å²) in [7, 11) is 4.07. The van der Waals surface area contributed by atoms with Crippen molar-refractivity contribution in [2.24, 2.45) is 0 Å². The highest BCUT2D eigenvalue weighted by Gasteiger charge is 2.33. The molecule has 1 fully saturated rings. The lowest BCUT2D eigenvalue weighted by Gasteiger charge is -2.23. The number of rotatable bonds is 4. The van der Waals surface area contributed by atoms with Crippen LogP contribution in [0.25, 0.3) is 5.65 Å². The number of pyridine rings is 1. The van der Waals surface area contributed by atoms with Crippen molar-refractivity contribution in [3.8, 4) is 0 Å². The van der Waals surface area contributed by atoms with Crippen LogP contribution in [0.1, 0.15) is 17.5 Å². The summed E-state index contributed by atoms with van der Waals surface area (Å²) in [4.78, 5) is 21.5. The smallest absolute Gasteiger partial charge is 0.263 e. The van der Waals surface area contributed by atoms with Gasteiger partial charge in [-0.05, 0) is 39.1 Å². The van der Waals surface area contributed by atoms with Crippen molar-refractivity contribution in [1.29, 1.82) is 0 Å². The van der Waals surface area contributed by atoms with Crippen molar-refractivity contribution in [2.45, 2.75) is 32.0 Å². The zero-order chi connectivity index (χ0) is 17.4. The molecule has 0 aromatic carbocycles. The Labute approximate surface area is 146 Å². The van der Waals surface area contributed by atoms with E-state index in [2.05, 4.69) is 14.8 Å². The first-order valence-electron chi connectivity index (χ1n) is 8.10. The van der Waals surface area contributed by atoms with E-state index in [1.165, 1.54) is 0 Å². The molecule has 3 heterocycles. The van der Waals surface area contributed by atoms with Crippen LogP contribution in [0.4, 0.5) is 0 Å². The molecule has 2 aromatic rings. The standard InChI is InChI=1S/C17H23ClN4O2/c1-11-5-4-6-22-16(11)19-15(18)14(17(22)24)9-21-8-12(20(2)3)7-13(21)10-23/h4-6,12-13,23H,7-10H2,1-3H3/t12-,13+/m1/s1. The molecule has 7 heteroatoms. The highest BCUT2D eigenvalue weighted by atomic mass is 35.5. The van der Waals surface area contributed by atoms with Crippen LogP contribution >= 0.6 is 11.6 Å². The lowest BCUT2D eigenvalue weighted by atomic mass is 10.1. The second-order valence-electron chi connectivity index (χ2n) is 6.69. The summed E-state index contributed by atoms with van der Waals surface area (Å²) in [5.41, 5.74) is 1.84. The van der Waals surface area contributed by atoms with Crippen LogP contribution in [0.2, 0.25) is 5.15 Å². The van der Waals surface area contributed by atoms with Gasteiger partial charge < -0.3 is 10.0 Å². The fourth-order valence-corrected chi connectivity index (χ4v) is 3.58. The van der Waals surface area contributed by atoms with E-state index in [0.717, 1.165) is 18.5 Å². The van der Waals surface area contributed by atoms with Gasteiger partial charge in [0.1, 0.15) is 10.8 Å². The average Bonchev–Trinajstić information content (AvgIpc) is 2.96. The summed E-state index contributed by atoms with van der Waals surface area (Å²) < 4.78 is 1.55. The SMILES string of the molecule is Cc1cccn2c(=O)c(CN3C[C@H](N(C)C)C[C@H]3CO)c(Cl)nc12. The number of hydrogen-bond donors (Lipinski definition) is 1. The maximum absolute atomic E-state index is 12.8. The number of halogens is 1. The van der Waals surface area contributed by atoms with Crippen LogP contribution in [0.5, 0.6) is 0 Å². The van der Waals surface area contributed by atoms with Crippen LogP contribution in [0.15, 0.2) is 23.1 Å². The van der Waals surface area contributed by atoms with E-state index in [9.17, 15) is 9.90 Å². The molecule has 1 saturated heterocycles. The highest BCUT2D eigenvalue weighted by Crippen LogP contribution is 2.24. The molecule has 1 aliphatic heterocycles. The van der Waals surface area contributed by atoms with Crippen molar-refractivity contribution < 1.29 is 5.11 Å². The average molecular weight is 351 g/mol. The number of aliphatic hydroxyl groups is 1. The topological polar surface area (TPSA) is 61.1 Å². The van der Waals surface area contributed by atoms with Gasteiger partial charge in [0.05, 0.1) is 12.2 Å². The van der Waals surface area contributed by atoms with Gasteiger partial charge in [-0.1, -0.05) is 17.7 Å². The summed E-state index contributed by atoms with van der Waals surface area (Å²) in [6.45, 7) is 3.17. The van der Waals surface area contributed by atoms with Gasteiger partial charge in [0, 0.05) is 31.4 Å². The number of fused-ring (bicyclic) bond motifs is 1. The summed E-state index contributed by atoms with van der Waals surface area (Å²) in [6.07, 6.45) is 2.59. The molecule has 0 unspecified atom stereocenters. The minimum atomic E-state index is -0.140. The first-order valence-corrected chi connectivity index (χ1v) is 8.48. The number of nitrogens with zero attached hydrogens (tertiary/aromatic N) is 4. The lowest BCUT2D eigenvalue weighted by Crippen LogP contribution is -2.36. The summed E-state index contributed by atoms with van der Waals surface area (Å²) >= 11 is 6.32. The summed E-state index contributed by atoms with van der Waals surface area (Å²) in [5, 5.41) is 9.92. The van der Waals surface area contributed by atoms with Crippen molar-refractivity contribution in [3.05, 3.63) is 45.0 Å². The Morgan fingerprint density at radius 2 is 2.21 bits per heavy atom. The molecule has 0 spiro atoms. The van der Waals surface area contributed by atoms with Crippen LogP contribution < -0.4 is 5.56 Å².